The number of hydrogen-bond donors (Lipinski definition) is 1. The smallest absolute Gasteiger partial charge is 0.218 e. The van der Waals surface area contributed by atoms with E-state index in [1.54, 1.807) is 14.0 Å². The normalized spacial score (nSPS) is 8.23. The molecule has 0 aromatic carbocycles. The summed E-state index contributed by atoms with van der Waals surface area (Å²) in [5.74, 6) is -0.0700. The van der Waals surface area contributed by atoms with E-state index in [4.69, 9.17) is 4.74 Å². The summed E-state index contributed by atoms with van der Waals surface area (Å²) >= 11 is 0. The van der Waals surface area contributed by atoms with Gasteiger partial charge in [-0.25, -0.2) is 0 Å². The van der Waals surface area contributed by atoms with Crippen molar-refractivity contribution < 1.29 is 30.6 Å². The third-order valence-corrected chi connectivity index (χ3v) is 0.760. The average molecular weight is 361 g/mol. The molecular weight excluding hydrogens is 338 g/mol. The van der Waals surface area contributed by atoms with Crippen molar-refractivity contribution in [2.45, 2.75) is 34.9 Å². The maximum absolute atomic E-state index is 10.2. The first-order valence-corrected chi connectivity index (χ1v) is 2.96. The molecule has 1 N–H and O–H groups in total. The zero-order chi connectivity index (χ0) is 8.57. The van der Waals surface area contributed by atoms with E-state index in [-0.39, 0.29) is 48.1 Å². The molecule has 0 aromatic heterocycles. The van der Waals surface area contributed by atoms with Gasteiger partial charge in [0.25, 0.3) is 0 Å². The maximum Gasteiger partial charge on any atom is 0.218 e. The standard InChI is InChI=1S/C5H11NO2.C2H4.2CH4.W/c1-4(7)6-5(2)8-3;1-2;;;/h5H,1-3H3,(H,6,7);1-2H2;2*1H4;. The molecule has 0 bridgehead atoms. The first-order chi connectivity index (χ1) is 4.66. The largest absolute Gasteiger partial charge is 0.362 e. The molecule has 0 saturated carbocycles. The van der Waals surface area contributed by atoms with E-state index in [9.17, 15) is 4.79 Å². The Morgan fingerprint density at radius 1 is 1.38 bits per heavy atom. The van der Waals surface area contributed by atoms with E-state index in [0.717, 1.165) is 0 Å². The second-order valence-corrected chi connectivity index (χ2v) is 1.58. The van der Waals surface area contributed by atoms with E-state index in [0.29, 0.717) is 0 Å². The summed E-state index contributed by atoms with van der Waals surface area (Å²) in [6.45, 7) is 9.22. The minimum Gasteiger partial charge on any atom is -0.362 e. The summed E-state index contributed by atoms with van der Waals surface area (Å²) in [6.07, 6.45) is -0.174. The van der Waals surface area contributed by atoms with Crippen molar-refractivity contribution >= 4 is 5.91 Å². The molecule has 0 radical (unpaired) electrons. The van der Waals surface area contributed by atoms with Crippen LogP contribution in [0.2, 0.25) is 0 Å². The fraction of sp³-hybridized carbons (Fsp3) is 0.667. The van der Waals surface area contributed by atoms with Gasteiger partial charge in [-0.1, -0.05) is 14.9 Å². The molecule has 0 spiro atoms. The molecule has 4 heteroatoms. The Morgan fingerprint density at radius 3 is 1.77 bits per heavy atom. The average Bonchev–Trinajstić information content (AvgIpc) is 1.91. The number of amides is 1. The Balaban J connectivity index is -0.0000000398. The van der Waals surface area contributed by atoms with Gasteiger partial charge in [-0.15, -0.1) is 13.2 Å². The van der Waals surface area contributed by atoms with Crippen molar-refractivity contribution in [2.24, 2.45) is 0 Å². The summed E-state index contributed by atoms with van der Waals surface area (Å²) in [5.41, 5.74) is 0. The topological polar surface area (TPSA) is 38.3 Å². The van der Waals surface area contributed by atoms with Gasteiger partial charge >= 0.3 is 0 Å². The van der Waals surface area contributed by atoms with Crippen molar-refractivity contribution in [2.75, 3.05) is 7.11 Å². The zero-order valence-electron chi connectivity index (χ0n) is 7.22. The molecule has 13 heavy (non-hydrogen) atoms. The van der Waals surface area contributed by atoms with Crippen LogP contribution < -0.4 is 5.32 Å². The van der Waals surface area contributed by atoms with E-state index in [1.165, 1.54) is 6.92 Å². The van der Waals surface area contributed by atoms with E-state index in [1.807, 2.05) is 0 Å². The first-order valence-electron chi connectivity index (χ1n) is 2.96. The van der Waals surface area contributed by atoms with Crippen LogP contribution in [0.25, 0.3) is 0 Å². The number of methoxy groups -OCH3 is 1. The minimum atomic E-state index is -0.174. The van der Waals surface area contributed by atoms with Crippen LogP contribution in [0.15, 0.2) is 13.2 Å². The van der Waals surface area contributed by atoms with Gasteiger partial charge in [0.1, 0.15) is 6.23 Å². The second kappa shape index (κ2) is 22.6. The summed E-state index contributed by atoms with van der Waals surface area (Å²) in [4.78, 5) is 10.2. The summed E-state index contributed by atoms with van der Waals surface area (Å²) in [6, 6.07) is 0. The van der Waals surface area contributed by atoms with Crippen LogP contribution in [-0.2, 0) is 30.6 Å². The number of carbonyl (C=O) groups is 1. The zero-order valence-corrected chi connectivity index (χ0v) is 10.1. The van der Waals surface area contributed by atoms with Crippen LogP contribution in [0.1, 0.15) is 28.7 Å². The Labute approximate surface area is 97.2 Å². The number of hydrogen-bond acceptors (Lipinski definition) is 2. The first kappa shape index (κ1) is 29.3. The van der Waals surface area contributed by atoms with Crippen molar-refractivity contribution in [3.8, 4) is 0 Å². The van der Waals surface area contributed by atoms with Gasteiger partial charge < -0.3 is 10.1 Å². The van der Waals surface area contributed by atoms with E-state index >= 15 is 0 Å². The second-order valence-electron chi connectivity index (χ2n) is 1.58. The Kier molecular flexibility index (Phi) is 51.0. The van der Waals surface area contributed by atoms with Crippen LogP contribution in [0, 0.1) is 0 Å². The third-order valence-electron chi connectivity index (χ3n) is 0.760. The Morgan fingerprint density at radius 2 is 1.69 bits per heavy atom. The van der Waals surface area contributed by atoms with Crippen LogP contribution >= 0.6 is 0 Å². The molecule has 0 aliphatic heterocycles. The molecule has 3 nitrogen and oxygen atoms in total. The van der Waals surface area contributed by atoms with Gasteiger partial charge in [-0.05, 0) is 6.92 Å². The van der Waals surface area contributed by atoms with Crippen LogP contribution in [0.3, 0.4) is 0 Å². The number of rotatable bonds is 2. The Bertz CT molecular complexity index is 99.6. The maximum atomic E-state index is 10.2. The Hall–Kier alpha value is -0.142. The van der Waals surface area contributed by atoms with Crippen LogP contribution in [-0.4, -0.2) is 19.2 Å². The van der Waals surface area contributed by atoms with Crippen molar-refractivity contribution in [1.29, 1.82) is 0 Å². The molecule has 0 saturated heterocycles. The molecule has 0 fully saturated rings. The molecule has 1 unspecified atom stereocenters. The number of carbonyl (C=O) groups excluding carboxylic acids is 1. The third kappa shape index (κ3) is 33.6. The van der Waals surface area contributed by atoms with E-state index < -0.39 is 0 Å². The summed E-state index contributed by atoms with van der Waals surface area (Å²) in [7, 11) is 1.54. The van der Waals surface area contributed by atoms with Gasteiger partial charge in [-0.3, -0.25) is 4.79 Å². The van der Waals surface area contributed by atoms with Gasteiger partial charge in [0.15, 0.2) is 0 Å². The molecule has 0 aliphatic carbocycles. The number of ether oxygens (including phenoxy) is 1. The van der Waals surface area contributed by atoms with Gasteiger partial charge in [0.05, 0.1) is 0 Å². The van der Waals surface area contributed by atoms with E-state index in [2.05, 4.69) is 18.5 Å². The van der Waals surface area contributed by atoms with Crippen molar-refractivity contribution in [3.63, 3.8) is 0 Å². The van der Waals surface area contributed by atoms with Gasteiger partial charge in [-0.2, -0.15) is 0 Å². The fourth-order valence-electron chi connectivity index (χ4n) is 0.345. The number of nitrogens with one attached hydrogen (secondary N) is 1. The molecule has 1 atom stereocenters. The van der Waals surface area contributed by atoms with Gasteiger partial charge in [0, 0.05) is 35.1 Å². The predicted molar refractivity (Wildman–Crippen MR) is 55.0 cm³/mol. The molecule has 82 valence electrons. The fourth-order valence-corrected chi connectivity index (χ4v) is 0.345. The monoisotopic (exact) mass is 361 g/mol. The molecule has 1 amide bonds. The molecule has 0 aromatic rings. The molecule has 0 aliphatic rings. The van der Waals surface area contributed by atoms with Crippen LogP contribution in [0.4, 0.5) is 0 Å². The SMILES string of the molecule is C.C.C=C.COC(C)NC(C)=O.[W]. The minimum absolute atomic E-state index is 0. The molecule has 0 rings (SSSR count). The van der Waals surface area contributed by atoms with Gasteiger partial charge in [0.2, 0.25) is 5.91 Å². The summed E-state index contributed by atoms with van der Waals surface area (Å²) in [5, 5.41) is 2.53. The van der Waals surface area contributed by atoms with Crippen molar-refractivity contribution in [1.82, 2.24) is 5.32 Å². The van der Waals surface area contributed by atoms with Crippen molar-refractivity contribution in [3.05, 3.63) is 13.2 Å². The predicted octanol–water partition coefficient (Wildman–Crippen LogP) is 2.19. The molecular formula is C9H23NO2W. The quantitative estimate of drug-likeness (QED) is 0.605. The summed E-state index contributed by atoms with van der Waals surface area (Å²) < 4.78 is 4.73. The van der Waals surface area contributed by atoms with Crippen LogP contribution in [0.5, 0.6) is 0 Å². The molecule has 0 heterocycles.